The van der Waals surface area contributed by atoms with Crippen LogP contribution in [0.25, 0.3) is 0 Å². The lowest BCUT2D eigenvalue weighted by molar-refractivity contribution is 0.126. The Balaban J connectivity index is 1.77. The average Bonchev–Trinajstić information content (AvgIpc) is 2.82. The molecule has 0 radical (unpaired) electrons. The summed E-state index contributed by atoms with van der Waals surface area (Å²) in [6.07, 6.45) is 4.81. The smallest absolute Gasteiger partial charge is 0.0672 e. The standard InChI is InChI=1S/C15H18N2/c16-9-12-5-3-4-8-15(12)17-10-13-6-1-2-7-14(13)11-17/h1-2,6-7,12,15H,3-5,8,10-11H2. The first-order valence-electron chi connectivity index (χ1n) is 6.59. The molecule has 2 unspecified atom stereocenters. The lowest BCUT2D eigenvalue weighted by Crippen LogP contribution is -2.38. The van der Waals surface area contributed by atoms with Crippen LogP contribution in [-0.4, -0.2) is 10.9 Å². The van der Waals surface area contributed by atoms with Gasteiger partial charge in [0.15, 0.2) is 0 Å². The van der Waals surface area contributed by atoms with E-state index in [9.17, 15) is 5.26 Å². The predicted molar refractivity (Wildman–Crippen MR) is 67.0 cm³/mol. The minimum atomic E-state index is 0.248. The summed E-state index contributed by atoms with van der Waals surface area (Å²) in [7, 11) is 0. The molecule has 2 nitrogen and oxygen atoms in total. The Morgan fingerprint density at radius 1 is 1.06 bits per heavy atom. The highest BCUT2D eigenvalue weighted by molar-refractivity contribution is 5.30. The third-order valence-corrected chi connectivity index (χ3v) is 4.23. The summed E-state index contributed by atoms with van der Waals surface area (Å²) in [5, 5.41) is 9.26. The molecule has 1 heterocycles. The van der Waals surface area contributed by atoms with Crippen molar-refractivity contribution >= 4 is 0 Å². The lowest BCUT2D eigenvalue weighted by Gasteiger charge is -2.34. The fraction of sp³-hybridized carbons (Fsp3) is 0.533. The topological polar surface area (TPSA) is 27.0 Å². The van der Waals surface area contributed by atoms with Crippen LogP contribution in [0.4, 0.5) is 0 Å². The van der Waals surface area contributed by atoms with Crippen molar-refractivity contribution in [2.75, 3.05) is 0 Å². The molecular weight excluding hydrogens is 208 g/mol. The zero-order valence-corrected chi connectivity index (χ0v) is 10.1. The minimum Gasteiger partial charge on any atom is -0.291 e. The molecule has 0 bridgehead atoms. The molecule has 2 aliphatic rings. The van der Waals surface area contributed by atoms with Crippen molar-refractivity contribution < 1.29 is 0 Å². The van der Waals surface area contributed by atoms with Gasteiger partial charge in [-0.3, -0.25) is 4.90 Å². The van der Waals surface area contributed by atoms with E-state index < -0.39 is 0 Å². The fourth-order valence-electron chi connectivity index (χ4n) is 3.29. The molecule has 17 heavy (non-hydrogen) atoms. The van der Waals surface area contributed by atoms with Crippen LogP contribution in [0.1, 0.15) is 36.8 Å². The first-order valence-corrected chi connectivity index (χ1v) is 6.59. The third kappa shape index (κ3) is 1.96. The third-order valence-electron chi connectivity index (χ3n) is 4.23. The molecule has 1 saturated carbocycles. The van der Waals surface area contributed by atoms with Gasteiger partial charge in [0.25, 0.3) is 0 Å². The first-order chi connectivity index (χ1) is 8.38. The van der Waals surface area contributed by atoms with Crippen molar-refractivity contribution in [1.82, 2.24) is 4.90 Å². The van der Waals surface area contributed by atoms with E-state index in [1.165, 1.54) is 30.4 Å². The second-order valence-electron chi connectivity index (χ2n) is 5.26. The Hall–Kier alpha value is -1.33. The van der Waals surface area contributed by atoms with Crippen molar-refractivity contribution in [2.45, 2.75) is 44.8 Å². The molecule has 0 amide bonds. The van der Waals surface area contributed by atoms with Gasteiger partial charge in [-0.2, -0.15) is 5.26 Å². The van der Waals surface area contributed by atoms with Crippen LogP contribution < -0.4 is 0 Å². The Kier molecular flexibility index (Phi) is 2.86. The van der Waals surface area contributed by atoms with Gasteiger partial charge >= 0.3 is 0 Å². The van der Waals surface area contributed by atoms with Gasteiger partial charge < -0.3 is 0 Å². The van der Waals surface area contributed by atoms with E-state index in [-0.39, 0.29) is 5.92 Å². The number of nitriles is 1. The number of rotatable bonds is 1. The highest BCUT2D eigenvalue weighted by Gasteiger charge is 2.33. The average molecular weight is 226 g/mol. The monoisotopic (exact) mass is 226 g/mol. The summed E-state index contributed by atoms with van der Waals surface area (Å²) in [5.41, 5.74) is 2.91. The molecule has 1 fully saturated rings. The second-order valence-corrected chi connectivity index (χ2v) is 5.26. The Bertz CT molecular complexity index is 421. The Morgan fingerprint density at radius 3 is 2.35 bits per heavy atom. The van der Waals surface area contributed by atoms with Crippen LogP contribution in [0.3, 0.4) is 0 Å². The van der Waals surface area contributed by atoms with Gasteiger partial charge in [-0.25, -0.2) is 0 Å². The molecule has 2 heteroatoms. The maximum atomic E-state index is 9.26. The summed E-state index contributed by atoms with van der Waals surface area (Å²) < 4.78 is 0. The summed E-state index contributed by atoms with van der Waals surface area (Å²) in [6.45, 7) is 2.08. The van der Waals surface area contributed by atoms with Gasteiger partial charge in [0.2, 0.25) is 0 Å². The van der Waals surface area contributed by atoms with Crippen molar-refractivity contribution in [3.63, 3.8) is 0 Å². The summed E-state index contributed by atoms with van der Waals surface area (Å²) in [5.74, 6) is 0.248. The highest BCUT2D eigenvalue weighted by Crippen LogP contribution is 2.33. The fourth-order valence-corrected chi connectivity index (χ4v) is 3.29. The quantitative estimate of drug-likeness (QED) is 0.735. The van der Waals surface area contributed by atoms with Crippen LogP contribution in [0.15, 0.2) is 24.3 Å². The molecule has 0 aromatic heterocycles. The van der Waals surface area contributed by atoms with E-state index in [4.69, 9.17) is 0 Å². The Morgan fingerprint density at radius 2 is 1.71 bits per heavy atom. The van der Waals surface area contributed by atoms with Crippen molar-refractivity contribution in [3.05, 3.63) is 35.4 Å². The van der Waals surface area contributed by atoms with Crippen LogP contribution in [0, 0.1) is 17.2 Å². The molecular formula is C15H18N2. The molecule has 1 aliphatic carbocycles. The normalized spacial score (nSPS) is 28.6. The lowest BCUT2D eigenvalue weighted by atomic mass is 9.84. The molecule has 0 spiro atoms. The van der Waals surface area contributed by atoms with E-state index >= 15 is 0 Å². The highest BCUT2D eigenvalue weighted by atomic mass is 15.2. The van der Waals surface area contributed by atoms with Crippen molar-refractivity contribution in [2.24, 2.45) is 5.92 Å². The van der Waals surface area contributed by atoms with Crippen molar-refractivity contribution in [3.8, 4) is 6.07 Å². The summed E-state index contributed by atoms with van der Waals surface area (Å²) >= 11 is 0. The summed E-state index contributed by atoms with van der Waals surface area (Å²) in [4.78, 5) is 2.51. The van der Waals surface area contributed by atoms with Gasteiger partial charge in [-0.05, 0) is 24.0 Å². The largest absolute Gasteiger partial charge is 0.291 e. The zero-order chi connectivity index (χ0) is 11.7. The van der Waals surface area contributed by atoms with E-state index in [2.05, 4.69) is 35.2 Å². The van der Waals surface area contributed by atoms with Crippen LogP contribution in [0.5, 0.6) is 0 Å². The van der Waals surface area contributed by atoms with E-state index in [1.54, 1.807) is 0 Å². The van der Waals surface area contributed by atoms with Crippen molar-refractivity contribution in [1.29, 1.82) is 5.26 Å². The van der Waals surface area contributed by atoms with Gasteiger partial charge in [0, 0.05) is 19.1 Å². The second kappa shape index (κ2) is 4.50. The van der Waals surface area contributed by atoms with Crippen LogP contribution in [0.2, 0.25) is 0 Å². The van der Waals surface area contributed by atoms with E-state index in [1.807, 2.05) is 0 Å². The van der Waals surface area contributed by atoms with E-state index in [0.29, 0.717) is 6.04 Å². The summed E-state index contributed by atoms with van der Waals surface area (Å²) in [6, 6.07) is 11.7. The number of benzene rings is 1. The molecule has 2 atom stereocenters. The number of hydrogen-bond acceptors (Lipinski definition) is 2. The first kappa shape index (κ1) is 10.8. The molecule has 1 aromatic carbocycles. The zero-order valence-electron chi connectivity index (χ0n) is 10.1. The predicted octanol–water partition coefficient (Wildman–Crippen LogP) is 3.08. The molecule has 1 aromatic rings. The van der Waals surface area contributed by atoms with Crippen LogP contribution in [-0.2, 0) is 13.1 Å². The van der Waals surface area contributed by atoms with Gasteiger partial charge in [0.05, 0.1) is 12.0 Å². The minimum absolute atomic E-state index is 0.248. The molecule has 88 valence electrons. The number of fused-ring (bicyclic) bond motifs is 1. The van der Waals surface area contributed by atoms with Crippen LogP contribution >= 0.6 is 0 Å². The van der Waals surface area contributed by atoms with Gasteiger partial charge in [0.1, 0.15) is 0 Å². The molecule has 1 aliphatic heterocycles. The van der Waals surface area contributed by atoms with Gasteiger partial charge in [-0.1, -0.05) is 37.1 Å². The van der Waals surface area contributed by atoms with E-state index in [0.717, 1.165) is 19.5 Å². The number of hydrogen-bond donors (Lipinski definition) is 0. The maximum Gasteiger partial charge on any atom is 0.0672 e. The van der Waals surface area contributed by atoms with Gasteiger partial charge in [-0.15, -0.1) is 0 Å². The number of nitrogens with zero attached hydrogens (tertiary/aromatic N) is 2. The molecule has 3 rings (SSSR count). The SMILES string of the molecule is N#CC1CCCCC1N1Cc2ccccc2C1. The maximum absolute atomic E-state index is 9.26. The molecule has 0 saturated heterocycles. The molecule has 0 N–H and O–H groups in total. The Labute approximate surface area is 103 Å².